The Morgan fingerprint density at radius 2 is 2.20 bits per heavy atom. The number of amides is 1. The molecule has 0 atom stereocenters. The predicted octanol–water partition coefficient (Wildman–Crippen LogP) is 1.95. The second-order valence-electron chi connectivity index (χ2n) is 3.96. The van der Waals surface area contributed by atoms with Crippen molar-refractivity contribution in [3.8, 4) is 5.75 Å². The van der Waals surface area contributed by atoms with E-state index in [0.717, 1.165) is 4.47 Å². The molecular weight excluding hydrogens is 350 g/mol. The molecule has 0 saturated heterocycles. The van der Waals surface area contributed by atoms with Crippen LogP contribution in [0.25, 0.3) is 0 Å². The summed E-state index contributed by atoms with van der Waals surface area (Å²) in [5.74, 6) is 0.217. The standard InChI is InChI=1S/C13H17BrClNO4/c1-19-7-5-16(4-6-17)13(18)9-20-12-3-2-10(14)8-11(12)15/h2-3,8,17H,4-7,9H2,1H3. The van der Waals surface area contributed by atoms with Gasteiger partial charge in [0, 0.05) is 24.7 Å². The fraction of sp³-hybridized carbons (Fsp3) is 0.462. The lowest BCUT2D eigenvalue weighted by Gasteiger charge is -2.21. The number of aliphatic hydroxyl groups excluding tert-OH is 1. The molecule has 0 heterocycles. The Morgan fingerprint density at radius 3 is 2.80 bits per heavy atom. The second-order valence-corrected chi connectivity index (χ2v) is 5.28. The number of hydrogen-bond acceptors (Lipinski definition) is 4. The van der Waals surface area contributed by atoms with Gasteiger partial charge in [-0.25, -0.2) is 0 Å². The largest absolute Gasteiger partial charge is 0.482 e. The number of aliphatic hydroxyl groups is 1. The van der Waals surface area contributed by atoms with Crippen molar-refractivity contribution in [1.29, 1.82) is 0 Å². The van der Waals surface area contributed by atoms with Crippen LogP contribution >= 0.6 is 27.5 Å². The summed E-state index contributed by atoms with van der Waals surface area (Å²) in [6.45, 7) is 0.831. The molecule has 20 heavy (non-hydrogen) atoms. The molecule has 1 aromatic rings. The zero-order chi connectivity index (χ0) is 15.0. The van der Waals surface area contributed by atoms with E-state index in [1.807, 2.05) is 0 Å². The van der Waals surface area contributed by atoms with Crippen molar-refractivity contribution in [2.45, 2.75) is 0 Å². The normalized spacial score (nSPS) is 10.4. The number of carbonyl (C=O) groups excluding carboxylic acids is 1. The SMILES string of the molecule is COCCN(CCO)C(=O)COc1ccc(Br)cc1Cl. The smallest absolute Gasteiger partial charge is 0.260 e. The van der Waals surface area contributed by atoms with Gasteiger partial charge in [-0.15, -0.1) is 0 Å². The first-order valence-electron chi connectivity index (χ1n) is 6.04. The minimum atomic E-state index is -0.227. The fourth-order valence-electron chi connectivity index (χ4n) is 1.51. The van der Waals surface area contributed by atoms with Crippen LogP contribution in [-0.2, 0) is 9.53 Å². The first-order chi connectivity index (χ1) is 9.58. The molecule has 0 radical (unpaired) electrons. The maximum atomic E-state index is 12.0. The minimum Gasteiger partial charge on any atom is -0.482 e. The van der Waals surface area contributed by atoms with Crippen molar-refractivity contribution in [1.82, 2.24) is 4.90 Å². The zero-order valence-electron chi connectivity index (χ0n) is 11.1. The Morgan fingerprint density at radius 1 is 1.45 bits per heavy atom. The summed E-state index contributed by atoms with van der Waals surface area (Å²) >= 11 is 9.29. The number of halogens is 2. The highest BCUT2D eigenvalue weighted by atomic mass is 79.9. The van der Waals surface area contributed by atoms with Crippen LogP contribution in [0.2, 0.25) is 5.02 Å². The highest BCUT2D eigenvalue weighted by Crippen LogP contribution is 2.27. The fourth-order valence-corrected chi connectivity index (χ4v) is 2.23. The van der Waals surface area contributed by atoms with Crippen LogP contribution in [-0.4, -0.2) is 55.9 Å². The molecule has 0 aliphatic heterocycles. The van der Waals surface area contributed by atoms with Crippen molar-refractivity contribution in [3.05, 3.63) is 27.7 Å². The third kappa shape index (κ3) is 5.66. The summed E-state index contributed by atoms with van der Waals surface area (Å²) in [6.07, 6.45) is 0. The van der Waals surface area contributed by atoms with Crippen molar-refractivity contribution in [2.75, 3.05) is 40.0 Å². The van der Waals surface area contributed by atoms with Crippen LogP contribution in [0.3, 0.4) is 0 Å². The molecule has 0 aliphatic rings. The molecule has 0 unspecified atom stereocenters. The van der Waals surface area contributed by atoms with Crippen LogP contribution in [0.1, 0.15) is 0 Å². The van der Waals surface area contributed by atoms with Gasteiger partial charge in [0.15, 0.2) is 6.61 Å². The van der Waals surface area contributed by atoms with E-state index in [4.69, 9.17) is 26.2 Å². The molecule has 7 heteroatoms. The lowest BCUT2D eigenvalue weighted by atomic mass is 10.3. The molecular formula is C13H17BrClNO4. The van der Waals surface area contributed by atoms with Gasteiger partial charge in [0.1, 0.15) is 5.75 Å². The molecule has 1 N–H and O–H groups in total. The van der Waals surface area contributed by atoms with Crippen LogP contribution in [0.4, 0.5) is 0 Å². The number of ether oxygens (including phenoxy) is 2. The number of carbonyl (C=O) groups is 1. The second kappa shape index (κ2) is 9.18. The molecule has 0 spiro atoms. The Labute approximate surface area is 131 Å². The molecule has 1 rings (SSSR count). The number of benzene rings is 1. The number of methoxy groups -OCH3 is 1. The van der Waals surface area contributed by atoms with Crippen LogP contribution < -0.4 is 4.74 Å². The van der Waals surface area contributed by atoms with Gasteiger partial charge in [-0.05, 0) is 18.2 Å². The molecule has 0 aliphatic carbocycles. The van der Waals surface area contributed by atoms with Crippen molar-refractivity contribution < 1.29 is 19.4 Å². The first-order valence-corrected chi connectivity index (χ1v) is 7.21. The van der Waals surface area contributed by atoms with E-state index in [1.165, 1.54) is 4.90 Å². The van der Waals surface area contributed by atoms with Gasteiger partial charge in [0.25, 0.3) is 5.91 Å². The Hall–Kier alpha value is -0.820. The molecule has 0 saturated carbocycles. The van der Waals surface area contributed by atoms with Gasteiger partial charge in [-0.1, -0.05) is 27.5 Å². The van der Waals surface area contributed by atoms with Gasteiger partial charge in [-0.3, -0.25) is 4.79 Å². The van der Waals surface area contributed by atoms with E-state index in [2.05, 4.69) is 15.9 Å². The highest BCUT2D eigenvalue weighted by molar-refractivity contribution is 9.10. The third-order valence-electron chi connectivity index (χ3n) is 2.53. The number of hydrogen-bond donors (Lipinski definition) is 1. The summed E-state index contributed by atoms with van der Waals surface area (Å²) < 4.78 is 11.2. The van der Waals surface area contributed by atoms with Gasteiger partial charge >= 0.3 is 0 Å². The quantitative estimate of drug-likeness (QED) is 0.764. The maximum absolute atomic E-state index is 12.0. The van der Waals surface area contributed by atoms with Gasteiger partial charge in [-0.2, -0.15) is 0 Å². The summed E-state index contributed by atoms with van der Waals surface area (Å²) in [5, 5.41) is 9.37. The van der Waals surface area contributed by atoms with Crippen LogP contribution in [0.5, 0.6) is 5.75 Å². The van der Waals surface area contributed by atoms with E-state index in [0.29, 0.717) is 23.9 Å². The predicted molar refractivity (Wildman–Crippen MR) is 80.2 cm³/mol. The highest BCUT2D eigenvalue weighted by Gasteiger charge is 2.14. The molecule has 1 aromatic carbocycles. The average Bonchev–Trinajstić information content (AvgIpc) is 2.42. The zero-order valence-corrected chi connectivity index (χ0v) is 13.5. The summed E-state index contributed by atoms with van der Waals surface area (Å²) in [6, 6.07) is 5.16. The monoisotopic (exact) mass is 365 g/mol. The van der Waals surface area contributed by atoms with E-state index in [-0.39, 0.29) is 25.7 Å². The van der Waals surface area contributed by atoms with E-state index >= 15 is 0 Å². The summed E-state index contributed by atoms with van der Waals surface area (Å²) in [4.78, 5) is 13.5. The Balaban J connectivity index is 2.55. The summed E-state index contributed by atoms with van der Waals surface area (Å²) in [7, 11) is 1.56. The molecule has 1 amide bonds. The first kappa shape index (κ1) is 17.2. The van der Waals surface area contributed by atoms with Gasteiger partial charge in [0.05, 0.1) is 18.2 Å². The number of nitrogens with zero attached hydrogens (tertiary/aromatic N) is 1. The number of rotatable bonds is 8. The van der Waals surface area contributed by atoms with E-state index in [9.17, 15) is 4.79 Å². The lowest BCUT2D eigenvalue weighted by Crippen LogP contribution is -2.39. The molecule has 0 bridgehead atoms. The molecule has 0 aromatic heterocycles. The van der Waals surface area contributed by atoms with Crippen molar-refractivity contribution in [3.63, 3.8) is 0 Å². The maximum Gasteiger partial charge on any atom is 0.260 e. The minimum absolute atomic E-state index is 0.103. The van der Waals surface area contributed by atoms with E-state index in [1.54, 1.807) is 25.3 Å². The molecule has 0 fully saturated rings. The lowest BCUT2D eigenvalue weighted by molar-refractivity contribution is -0.134. The third-order valence-corrected chi connectivity index (χ3v) is 3.32. The topological polar surface area (TPSA) is 59.0 Å². The molecule has 5 nitrogen and oxygen atoms in total. The van der Waals surface area contributed by atoms with Gasteiger partial charge < -0.3 is 19.5 Å². The molecule has 112 valence electrons. The van der Waals surface area contributed by atoms with Gasteiger partial charge in [0.2, 0.25) is 0 Å². The van der Waals surface area contributed by atoms with Crippen molar-refractivity contribution in [2.24, 2.45) is 0 Å². The Bertz CT molecular complexity index is 444. The summed E-state index contributed by atoms with van der Waals surface area (Å²) in [5.41, 5.74) is 0. The van der Waals surface area contributed by atoms with E-state index < -0.39 is 0 Å². The van der Waals surface area contributed by atoms with Crippen LogP contribution in [0.15, 0.2) is 22.7 Å². The average molecular weight is 367 g/mol. The van der Waals surface area contributed by atoms with Crippen molar-refractivity contribution >= 4 is 33.4 Å². The Kier molecular flexibility index (Phi) is 7.91. The van der Waals surface area contributed by atoms with Crippen LogP contribution in [0, 0.1) is 0 Å².